The maximum Gasteiger partial charge on any atom is 0.174 e. The van der Waals surface area contributed by atoms with Crippen LogP contribution in [0.15, 0.2) is 4.34 Å². The number of nitrogens with zero attached hydrogens (tertiary/aromatic N) is 2. The molecule has 0 aliphatic heterocycles. The molecule has 0 spiro atoms. The predicted molar refractivity (Wildman–Crippen MR) is 79.1 cm³/mol. The van der Waals surface area contributed by atoms with Crippen LogP contribution in [0.4, 0.5) is 0 Å². The summed E-state index contributed by atoms with van der Waals surface area (Å²) in [5, 5.41) is 9.82. The van der Waals surface area contributed by atoms with Crippen molar-refractivity contribution in [3.8, 4) is 0 Å². The van der Waals surface area contributed by atoms with E-state index < -0.39 is 0 Å². The SMILES string of the molecule is Cc1nnc(SC2CC(C(C)(C)C)CCC2N)s1. The van der Waals surface area contributed by atoms with Gasteiger partial charge < -0.3 is 5.73 Å². The van der Waals surface area contributed by atoms with Crippen LogP contribution in [0.3, 0.4) is 0 Å². The summed E-state index contributed by atoms with van der Waals surface area (Å²) in [4.78, 5) is 0. The molecule has 1 aliphatic rings. The third-order valence-electron chi connectivity index (χ3n) is 3.83. The van der Waals surface area contributed by atoms with Crippen molar-refractivity contribution in [1.29, 1.82) is 0 Å². The molecule has 3 nitrogen and oxygen atoms in total. The van der Waals surface area contributed by atoms with Crippen LogP contribution in [0.2, 0.25) is 0 Å². The third-order valence-corrected chi connectivity index (χ3v) is 6.13. The standard InChI is InChI=1S/C13H23N3S2/c1-8-15-16-12(17-8)18-11-7-9(13(2,3)4)5-6-10(11)14/h9-11H,5-7,14H2,1-4H3. The lowest BCUT2D eigenvalue weighted by Crippen LogP contribution is -2.41. The fraction of sp³-hybridized carbons (Fsp3) is 0.846. The average molecular weight is 285 g/mol. The molecule has 0 aromatic carbocycles. The van der Waals surface area contributed by atoms with Gasteiger partial charge in [-0.25, -0.2) is 0 Å². The summed E-state index contributed by atoms with van der Waals surface area (Å²) in [5.41, 5.74) is 6.66. The van der Waals surface area contributed by atoms with E-state index in [1.807, 2.05) is 18.7 Å². The monoisotopic (exact) mass is 285 g/mol. The van der Waals surface area contributed by atoms with E-state index in [2.05, 4.69) is 31.0 Å². The minimum Gasteiger partial charge on any atom is -0.327 e. The minimum atomic E-state index is 0.304. The quantitative estimate of drug-likeness (QED) is 0.904. The second-order valence-corrected chi connectivity index (χ2v) is 8.95. The fourth-order valence-electron chi connectivity index (χ4n) is 2.53. The summed E-state index contributed by atoms with van der Waals surface area (Å²) < 4.78 is 1.07. The molecule has 3 unspecified atom stereocenters. The fourth-order valence-corrected chi connectivity index (χ4v) is 4.86. The predicted octanol–water partition coefficient (Wildman–Crippen LogP) is 3.48. The van der Waals surface area contributed by atoms with Crippen molar-refractivity contribution < 1.29 is 0 Å². The Labute approximate surface area is 118 Å². The molecule has 5 heteroatoms. The zero-order chi connectivity index (χ0) is 13.3. The van der Waals surface area contributed by atoms with Crippen molar-refractivity contribution in [2.24, 2.45) is 17.1 Å². The van der Waals surface area contributed by atoms with Crippen molar-refractivity contribution in [2.45, 2.75) is 62.6 Å². The normalized spacial score (nSPS) is 29.5. The molecule has 18 heavy (non-hydrogen) atoms. The van der Waals surface area contributed by atoms with Gasteiger partial charge in [-0.2, -0.15) is 0 Å². The van der Waals surface area contributed by atoms with Crippen LogP contribution in [0.1, 0.15) is 45.0 Å². The Hall–Kier alpha value is -0.130. The van der Waals surface area contributed by atoms with E-state index in [4.69, 9.17) is 5.73 Å². The van der Waals surface area contributed by atoms with Crippen molar-refractivity contribution >= 4 is 23.1 Å². The van der Waals surface area contributed by atoms with E-state index in [0.29, 0.717) is 16.7 Å². The summed E-state index contributed by atoms with van der Waals surface area (Å²) in [7, 11) is 0. The Balaban J connectivity index is 2.02. The average Bonchev–Trinajstić information content (AvgIpc) is 2.66. The van der Waals surface area contributed by atoms with Crippen molar-refractivity contribution in [3.05, 3.63) is 5.01 Å². The molecule has 1 aromatic rings. The Morgan fingerprint density at radius 1 is 1.28 bits per heavy atom. The number of hydrogen-bond donors (Lipinski definition) is 1. The first-order valence-electron chi connectivity index (χ1n) is 6.58. The van der Waals surface area contributed by atoms with Gasteiger partial charge >= 0.3 is 0 Å². The molecule has 102 valence electrons. The Kier molecular flexibility index (Phi) is 4.34. The molecule has 0 amide bonds. The highest BCUT2D eigenvalue weighted by atomic mass is 32.2. The van der Waals surface area contributed by atoms with Gasteiger partial charge in [0.05, 0.1) is 0 Å². The molecule has 0 radical (unpaired) electrons. The number of nitrogens with two attached hydrogens (primary N) is 1. The lowest BCUT2D eigenvalue weighted by atomic mass is 9.71. The molecule has 1 aromatic heterocycles. The highest BCUT2D eigenvalue weighted by Crippen LogP contribution is 2.43. The molecule has 2 N–H and O–H groups in total. The largest absolute Gasteiger partial charge is 0.327 e. The van der Waals surface area contributed by atoms with Gasteiger partial charge in [-0.05, 0) is 37.5 Å². The molecule has 3 atom stereocenters. The Bertz CT molecular complexity index is 397. The molecule has 1 aliphatic carbocycles. The van der Waals surface area contributed by atoms with Crippen molar-refractivity contribution in [1.82, 2.24) is 10.2 Å². The first-order valence-corrected chi connectivity index (χ1v) is 8.28. The van der Waals surface area contributed by atoms with Gasteiger partial charge in [0, 0.05) is 11.3 Å². The van der Waals surface area contributed by atoms with Crippen LogP contribution in [0.25, 0.3) is 0 Å². The lowest BCUT2D eigenvalue weighted by molar-refractivity contribution is 0.174. The summed E-state index contributed by atoms with van der Waals surface area (Å²) in [6.07, 6.45) is 3.60. The molecular weight excluding hydrogens is 262 g/mol. The highest BCUT2D eigenvalue weighted by molar-refractivity contribution is 8.01. The van der Waals surface area contributed by atoms with Gasteiger partial charge in [-0.3, -0.25) is 0 Å². The van der Waals surface area contributed by atoms with Crippen LogP contribution >= 0.6 is 23.1 Å². The minimum absolute atomic E-state index is 0.304. The number of hydrogen-bond acceptors (Lipinski definition) is 5. The van der Waals surface area contributed by atoms with Gasteiger partial charge in [-0.15, -0.1) is 10.2 Å². The van der Waals surface area contributed by atoms with E-state index >= 15 is 0 Å². The van der Waals surface area contributed by atoms with Gasteiger partial charge in [0.1, 0.15) is 5.01 Å². The molecule has 2 rings (SSSR count). The summed E-state index contributed by atoms with van der Waals surface area (Å²) in [6.45, 7) is 9.02. The molecule has 0 saturated heterocycles. The molecular formula is C13H23N3S2. The van der Waals surface area contributed by atoms with Crippen molar-refractivity contribution in [2.75, 3.05) is 0 Å². The van der Waals surface area contributed by atoms with Gasteiger partial charge in [0.25, 0.3) is 0 Å². The van der Waals surface area contributed by atoms with Crippen LogP contribution in [0.5, 0.6) is 0 Å². The zero-order valence-electron chi connectivity index (χ0n) is 11.6. The van der Waals surface area contributed by atoms with E-state index in [1.54, 1.807) is 11.3 Å². The first-order chi connectivity index (χ1) is 8.36. The lowest BCUT2D eigenvalue weighted by Gasteiger charge is -2.40. The Morgan fingerprint density at radius 2 is 2.00 bits per heavy atom. The number of aryl methyl sites for hydroxylation is 1. The van der Waals surface area contributed by atoms with Gasteiger partial charge in [0.15, 0.2) is 4.34 Å². The van der Waals surface area contributed by atoms with Crippen LogP contribution in [0, 0.1) is 18.3 Å². The topological polar surface area (TPSA) is 51.8 Å². The van der Waals surface area contributed by atoms with E-state index in [1.165, 1.54) is 12.8 Å². The van der Waals surface area contributed by atoms with Crippen LogP contribution in [-0.4, -0.2) is 21.5 Å². The summed E-state index contributed by atoms with van der Waals surface area (Å²) >= 11 is 3.51. The highest BCUT2D eigenvalue weighted by Gasteiger charge is 2.35. The Morgan fingerprint density at radius 3 is 2.56 bits per heavy atom. The molecule has 0 bridgehead atoms. The zero-order valence-corrected chi connectivity index (χ0v) is 13.3. The van der Waals surface area contributed by atoms with Crippen LogP contribution < -0.4 is 5.73 Å². The second kappa shape index (κ2) is 5.47. The molecule has 1 saturated carbocycles. The van der Waals surface area contributed by atoms with E-state index in [9.17, 15) is 0 Å². The number of aromatic nitrogens is 2. The van der Waals surface area contributed by atoms with Gasteiger partial charge in [0.2, 0.25) is 0 Å². The van der Waals surface area contributed by atoms with Crippen molar-refractivity contribution in [3.63, 3.8) is 0 Å². The smallest absolute Gasteiger partial charge is 0.174 e. The molecule has 1 fully saturated rings. The third kappa shape index (κ3) is 3.45. The first kappa shape index (κ1) is 14.3. The van der Waals surface area contributed by atoms with E-state index in [-0.39, 0.29) is 0 Å². The summed E-state index contributed by atoms with van der Waals surface area (Å²) in [6, 6.07) is 0.304. The maximum absolute atomic E-state index is 6.27. The van der Waals surface area contributed by atoms with Crippen LogP contribution in [-0.2, 0) is 0 Å². The maximum atomic E-state index is 6.27. The van der Waals surface area contributed by atoms with E-state index in [0.717, 1.165) is 21.7 Å². The number of thioether (sulfide) groups is 1. The number of rotatable bonds is 2. The summed E-state index contributed by atoms with van der Waals surface area (Å²) in [5.74, 6) is 0.767. The van der Waals surface area contributed by atoms with Gasteiger partial charge in [-0.1, -0.05) is 43.9 Å². The second-order valence-electron chi connectivity index (χ2n) is 6.28. The molecule has 1 heterocycles.